The third-order valence-electron chi connectivity index (χ3n) is 3.02. The van der Waals surface area contributed by atoms with Crippen LogP contribution in [0.3, 0.4) is 0 Å². The summed E-state index contributed by atoms with van der Waals surface area (Å²) >= 11 is 0. The van der Waals surface area contributed by atoms with Crippen LogP contribution in [0, 0.1) is 0 Å². The highest BCUT2D eigenvalue weighted by molar-refractivity contribution is 5.38. The van der Waals surface area contributed by atoms with E-state index in [1.165, 1.54) is 5.56 Å². The van der Waals surface area contributed by atoms with Gasteiger partial charge in [-0.3, -0.25) is 0 Å². The molecule has 4 nitrogen and oxygen atoms in total. The Morgan fingerprint density at radius 1 is 1.10 bits per heavy atom. The largest absolute Gasteiger partial charge is 0.439 e. The molecular weight excluding hydrogens is 264 g/mol. The van der Waals surface area contributed by atoms with Gasteiger partial charge in [-0.05, 0) is 36.6 Å². The van der Waals surface area contributed by atoms with E-state index in [-0.39, 0.29) is 0 Å². The number of aromatic nitrogens is 1. The van der Waals surface area contributed by atoms with Crippen molar-refractivity contribution in [3.05, 3.63) is 48.0 Å². The molecule has 1 aromatic heterocycles. The first-order valence-electron chi connectivity index (χ1n) is 7.28. The van der Waals surface area contributed by atoms with Crippen LogP contribution in [0.25, 0.3) is 0 Å². The lowest BCUT2D eigenvalue weighted by Gasteiger charge is -2.08. The van der Waals surface area contributed by atoms with Crippen molar-refractivity contribution in [2.24, 2.45) is 0 Å². The van der Waals surface area contributed by atoms with Crippen LogP contribution in [0.4, 0.5) is 5.82 Å². The highest BCUT2D eigenvalue weighted by Gasteiger charge is 2.01. The topological polar surface area (TPSA) is 43.4 Å². The van der Waals surface area contributed by atoms with Gasteiger partial charge in [-0.15, -0.1) is 0 Å². The molecule has 0 aliphatic carbocycles. The summed E-state index contributed by atoms with van der Waals surface area (Å²) in [5.74, 6) is 2.23. The number of rotatable bonds is 8. The normalized spacial score (nSPS) is 10.4. The summed E-state index contributed by atoms with van der Waals surface area (Å²) in [5, 5.41) is 3.25. The fourth-order valence-corrected chi connectivity index (χ4v) is 1.89. The predicted molar refractivity (Wildman–Crippen MR) is 85.1 cm³/mol. The van der Waals surface area contributed by atoms with E-state index in [1.54, 1.807) is 7.11 Å². The first-order valence-corrected chi connectivity index (χ1v) is 7.28. The van der Waals surface area contributed by atoms with Crippen molar-refractivity contribution in [3.63, 3.8) is 0 Å². The molecule has 0 aliphatic rings. The summed E-state index contributed by atoms with van der Waals surface area (Å²) < 4.78 is 10.8. The van der Waals surface area contributed by atoms with Crippen molar-refractivity contribution in [2.45, 2.75) is 19.8 Å². The van der Waals surface area contributed by atoms with Crippen LogP contribution in [0.1, 0.15) is 18.9 Å². The lowest BCUT2D eigenvalue weighted by Crippen LogP contribution is -2.02. The molecule has 112 valence electrons. The molecule has 1 heterocycles. The first-order chi connectivity index (χ1) is 10.3. The highest BCUT2D eigenvalue weighted by atomic mass is 16.5. The zero-order valence-electron chi connectivity index (χ0n) is 12.6. The molecule has 0 atom stereocenters. The second-order valence-corrected chi connectivity index (χ2v) is 4.78. The number of nitrogens with zero attached hydrogens (tertiary/aromatic N) is 1. The van der Waals surface area contributed by atoms with Gasteiger partial charge in [-0.25, -0.2) is 0 Å². The molecule has 0 saturated carbocycles. The number of methoxy groups -OCH3 is 1. The Hall–Kier alpha value is -2.07. The van der Waals surface area contributed by atoms with E-state index in [0.29, 0.717) is 5.88 Å². The Labute approximate surface area is 126 Å². The standard InChI is InChI=1S/C17H22N2O2/c1-3-12-18-16-5-4-6-17(19-16)21-15-9-7-14(8-10-15)11-13-20-2/h4-10H,3,11-13H2,1-2H3,(H,18,19). The van der Waals surface area contributed by atoms with Crippen molar-refractivity contribution in [3.8, 4) is 11.6 Å². The van der Waals surface area contributed by atoms with E-state index < -0.39 is 0 Å². The van der Waals surface area contributed by atoms with Crippen LogP contribution in [0.15, 0.2) is 42.5 Å². The van der Waals surface area contributed by atoms with Crippen LogP contribution in [-0.2, 0) is 11.2 Å². The van der Waals surface area contributed by atoms with E-state index in [4.69, 9.17) is 9.47 Å². The monoisotopic (exact) mass is 286 g/mol. The minimum atomic E-state index is 0.598. The average Bonchev–Trinajstić information content (AvgIpc) is 2.53. The maximum Gasteiger partial charge on any atom is 0.221 e. The van der Waals surface area contributed by atoms with Crippen molar-refractivity contribution in [1.29, 1.82) is 0 Å². The van der Waals surface area contributed by atoms with Crippen LogP contribution in [0.5, 0.6) is 11.6 Å². The quantitative estimate of drug-likeness (QED) is 0.799. The maximum absolute atomic E-state index is 5.78. The van der Waals surface area contributed by atoms with E-state index >= 15 is 0 Å². The highest BCUT2D eigenvalue weighted by Crippen LogP contribution is 2.21. The predicted octanol–water partition coefficient (Wildman–Crippen LogP) is 3.88. The number of nitrogens with one attached hydrogen (secondary N) is 1. The Morgan fingerprint density at radius 3 is 2.62 bits per heavy atom. The molecule has 0 radical (unpaired) electrons. The zero-order valence-corrected chi connectivity index (χ0v) is 12.6. The smallest absolute Gasteiger partial charge is 0.221 e. The van der Waals surface area contributed by atoms with Gasteiger partial charge in [0.2, 0.25) is 5.88 Å². The van der Waals surface area contributed by atoms with Crippen molar-refractivity contribution >= 4 is 5.82 Å². The van der Waals surface area contributed by atoms with Crippen molar-refractivity contribution in [2.75, 3.05) is 25.6 Å². The van der Waals surface area contributed by atoms with Gasteiger partial charge in [-0.1, -0.05) is 25.1 Å². The summed E-state index contributed by atoms with van der Waals surface area (Å²) in [4.78, 5) is 4.42. The molecule has 2 aromatic rings. The van der Waals surface area contributed by atoms with Gasteiger partial charge in [0.15, 0.2) is 0 Å². The van der Waals surface area contributed by atoms with Crippen molar-refractivity contribution in [1.82, 2.24) is 4.98 Å². The minimum Gasteiger partial charge on any atom is -0.439 e. The molecule has 1 N–H and O–H groups in total. The Balaban J connectivity index is 1.97. The number of benzene rings is 1. The summed E-state index contributed by atoms with van der Waals surface area (Å²) in [6, 6.07) is 13.7. The van der Waals surface area contributed by atoms with E-state index in [0.717, 1.165) is 37.6 Å². The van der Waals surface area contributed by atoms with Gasteiger partial charge < -0.3 is 14.8 Å². The SMILES string of the molecule is CCCNc1cccc(Oc2ccc(CCOC)cc2)n1. The van der Waals surface area contributed by atoms with Crippen molar-refractivity contribution < 1.29 is 9.47 Å². The lowest BCUT2D eigenvalue weighted by molar-refractivity contribution is 0.202. The second-order valence-electron chi connectivity index (χ2n) is 4.78. The summed E-state index contributed by atoms with van der Waals surface area (Å²) in [6.07, 6.45) is 1.97. The van der Waals surface area contributed by atoms with Gasteiger partial charge in [0.1, 0.15) is 11.6 Å². The number of ether oxygens (including phenoxy) is 2. The molecule has 0 spiro atoms. The molecule has 0 bridgehead atoms. The van der Waals surface area contributed by atoms with Gasteiger partial charge in [0.25, 0.3) is 0 Å². The molecule has 2 rings (SSSR count). The number of hydrogen-bond donors (Lipinski definition) is 1. The molecule has 21 heavy (non-hydrogen) atoms. The Kier molecular flexibility index (Phi) is 6.03. The fourth-order valence-electron chi connectivity index (χ4n) is 1.89. The molecule has 0 unspecified atom stereocenters. The van der Waals surface area contributed by atoms with Crippen LogP contribution >= 0.6 is 0 Å². The Bertz CT molecular complexity index is 541. The summed E-state index contributed by atoms with van der Waals surface area (Å²) in [5.41, 5.74) is 1.23. The molecule has 0 amide bonds. The average molecular weight is 286 g/mol. The van der Waals surface area contributed by atoms with Gasteiger partial charge in [-0.2, -0.15) is 4.98 Å². The van der Waals surface area contributed by atoms with Crippen LogP contribution in [-0.4, -0.2) is 25.2 Å². The van der Waals surface area contributed by atoms with Crippen LogP contribution < -0.4 is 10.1 Å². The molecular formula is C17H22N2O2. The Morgan fingerprint density at radius 2 is 1.90 bits per heavy atom. The summed E-state index contributed by atoms with van der Waals surface area (Å²) in [6.45, 7) is 3.76. The number of anilines is 1. The first kappa shape index (κ1) is 15.3. The van der Waals surface area contributed by atoms with E-state index in [1.807, 2.05) is 42.5 Å². The molecule has 0 saturated heterocycles. The fraction of sp³-hybridized carbons (Fsp3) is 0.353. The van der Waals surface area contributed by atoms with Crippen LogP contribution in [0.2, 0.25) is 0 Å². The third-order valence-corrected chi connectivity index (χ3v) is 3.02. The molecule has 0 fully saturated rings. The van der Waals surface area contributed by atoms with Gasteiger partial charge >= 0.3 is 0 Å². The third kappa shape index (κ3) is 5.08. The van der Waals surface area contributed by atoms with Gasteiger partial charge in [0, 0.05) is 19.7 Å². The summed E-state index contributed by atoms with van der Waals surface area (Å²) in [7, 11) is 1.71. The second kappa shape index (κ2) is 8.27. The lowest BCUT2D eigenvalue weighted by atomic mass is 10.1. The molecule has 0 aliphatic heterocycles. The number of hydrogen-bond acceptors (Lipinski definition) is 4. The minimum absolute atomic E-state index is 0.598. The maximum atomic E-state index is 5.78. The van der Waals surface area contributed by atoms with E-state index in [9.17, 15) is 0 Å². The molecule has 1 aromatic carbocycles. The number of pyridine rings is 1. The van der Waals surface area contributed by atoms with Gasteiger partial charge in [0.05, 0.1) is 6.61 Å². The van der Waals surface area contributed by atoms with E-state index in [2.05, 4.69) is 17.2 Å². The molecule has 4 heteroatoms. The zero-order chi connectivity index (χ0) is 14.9.